The molecule has 1 aliphatic rings. The molecule has 6 nitrogen and oxygen atoms in total. The van der Waals surface area contributed by atoms with Crippen molar-refractivity contribution in [3.63, 3.8) is 0 Å². The molecule has 0 fully saturated rings. The monoisotopic (exact) mass is 451 g/mol. The predicted octanol–water partition coefficient (Wildman–Crippen LogP) is 5.67. The Labute approximate surface area is 196 Å². The molecule has 0 radical (unpaired) electrons. The quantitative estimate of drug-likeness (QED) is 0.440. The molecule has 0 saturated heterocycles. The summed E-state index contributed by atoms with van der Waals surface area (Å²) in [4.78, 5) is 2.43. The molecule has 0 bridgehead atoms. The fraction of sp³-hybridized carbons (Fsp3) is 0.407. The number of fused-ring (bicyclic) bond motifs is 1. The van der Waals surface area contributed by atoms with E-state index in [1.807, 2.05) is 37.3 Å². The largest absolute Gasteiger partial charge is 0.493 e. The van der Waals surface area contributed by atoms with Crippen molar-refractivity contribution in [1.82, 2.24) is 4.90 Å². The van der Waals surface area contributed by atoms with E-state index in [-0.39, 0.29) is 0 Å². The minimum Gasteiger partial charge on any atom is -0.493 e. The van der Waals surface area contributed by atoms with Crippen molar-refractivity contribution in [2.24, 2.45) is 0 Å². The molecular weight excluding hydrogens is 418 g/mol. The standard InChI is InChI=1S/C27H33NO5/c1-18(23-10-9-19(2)33-23)11-12-28-13-14-32-26-21(17-28)15-20(16-25(26)30-4)22-7-6-8-24(29-3)27(22)31-5/h6-10,15-16,18H,11-14,17H2,1-5H3. The molecule has 2 heterocycles. The highest BCUT2D eigenvalue weighted by Gasteiger charge is 2.23. The molecule has 0 amide bonds. The Kier molecular flexibility index (Phi) is 7.14. The van der Waals surface area contributed by atoms with Gasteiger partial charge in [0.05, 0.1) is 21.3 Å². The lowest BCUT2D eigenvalue weighted by Crippen LogP contribution is -2.27. The number of rotatable bonds is 8. The minimum absolute atomic E-state index is 0.365. The van der Waals surface area contributed by atoms with Crippen LogP contribution in [0, 0.1) is 6.92 Å². The van der Waals surface area contributed by atoms with Crippen LogP contribution in [0.25, 0.3) is 11.1 Å². The van der Waals surface area contributed by atoms with E-state index in [0.717, 1.165) is 65.8 Å². The van der Waals surface area contributed by atoms with E-state index in [1.165, 1.54) is 0 Å². The maximum atomic E-state index is 6.15. The molecule has 1 aromatic heterocycles. The third kappa shape index (κ3) is 4.96. The predicted molar refractivity (Wildman–Crippen MR) is 129 cm³/mol. The normalized spacial score (nSPS) is 14.7. The summed E-state index contributed by atoms with van der Waals surface area (Å²) in [5, 5.41) is 0. The Morgan fingerprint density at radius 3 is 2.52 bits per heavy atom. The van der Waals surface area contributed by atoms with Crippen molar-refractivity contribution in [1.29, 1.82) is 0 Å². The lowest BCUT2D eigenvalue weighted by Gasteiger charge is -2.21. The summed E-state index contributed by atoms with van der Waals surface area (Å²) in [7, 11) is 4.99. The number of methoxy groups -OCH3 is 3. The molecule has 1 aliphatic heterocycles. The van der Waals surface area contributed by atoms with Gasteiger partial charge in [-0.2, -0.15) is 0 Å². The Balaban J connectivity index is 1.60. The topological polar surface area (TPSA) is 53.3 Å². The van der Waals surface area contributed by atoms with Gasteiger partial charge in [-0.1, -0.05) is 19.1 Å². The lowest BCUT2D eigenvalue weighted by molar-refractivity contribution is 0.216. The van der Waals surface area contributed by atoms with Crippen LogP contribution in [0.3, 0.4) is 0 Å². The first-order valence-electron chi connectivity index (χ1n) is 11.4. The van der Waals surface area contributed by atoms with E-state index in [0.29, 0.717) is 24.0 Å². The van der Waals surface area contributed by atoms with Crippen LogP contribution in [-0.4, -0.2) is 45.9 Å². The third-order valence-corrected chi connectivity index (χ3v) is 6.24. The average molecular weight is 452 g/mol. The average Bonchev–Trinajstić information content (AvgIpc) is 3.16. The number of hydrogen-bond donors (Lipinski definition) is 0. The van der Waals surface area contributed by atoms with Crippen LogP contribution in [0.4, 0.5) is 0 Å². The van der Waals surface area contributed by atoms with Gasteiger partial charge < -0.3 is 23.4 Å². The summed E-state index contributed by atoms with van der Waals surface area (Å²) >= 11 is 0. The van der Waals surface area contributed by atoms with Crippen LogP contribution in [-0.2, 0) is 6.54 Å². The molecule has 33 heavy (non-hydrogen) atoms. The highest BCUT2D eigenvalue weighted by atomic mass is 16.5. The molecule has 4 rings (SSSR count). The van der Waals surface area contributed by atoms with Crippen LogP contribution >= 0.6 is 0 Å². The van der Waals surface area contributed by atoms with Crippen LogP contribution < -0.4 is 18.9 Å². The van der Waals surface area contributed by atoms with Gasteiger partial charge in [0.1, 0.15) is 18.1 Å². The van der Waals surface area contributed by atoms with Crippen molar-refractivity contribution in [3.05, 3.63) is 59.5 Å². The van der Waals surface area contributed by atoms with Crippen molar-refractivity contribution >= 4 is 0 Å². The minimum atomic E-state index is 0.365. The van der Waals surface area contributed by atoms with Crippen molar-refractivity contribution < 1.29 is 23.4 Å². The Morgan fingerprint density at radius 1 is 1.00 bits per heavy atom. The smallest absolute Gasteiger partial charge is 0.168 e. The van der Waals surface area contributed by atoms with E-state index in [4.69, 9.17) is 23.4 Å². The Bertz CT molecular complexity index is 1090. The first kappa shape index (κ1) is 23.1. The van der Waals surface area contributed by atoms with E-state index in [2.05, 4.69) is 24.0 Å². The van der Waals surface area contributed by atoms with Gasteiger partial charge in [0.15, 0.2) is 23.0 Å². The number of benzene rings is 2. The summed E-state index contributed by atoms with van der Waals surface area (Å²) in [6.07, 6.45) is 1.02. The van der Waals surface area contributed by atoms with Crippen molar-refractivity contribution in [3.8, 4) is 34.1 Å². The van der Waals surface area contributed by atoms with Gasteiger partial charge in [-0.3, -0.25) is 4.90 Å². The van der Waals surface area contributed by atoms with Crippen LogP contribution in [0.15, 0.2) is 46.9 Å². The highest BCUT2D eigenvalue weighted by molar-refractivity contribution is 5.77. The summed E-state index contributed by atoms with van der Waals surface area (Å²) in [6.45, 7) is 7.44. The molecule has 3 aromatic rings. The number of furan rings is 1. The lowest BCUT2D eigenvalue weighted by atomic mass is 9.99. The molecule has 1 atom stereocenters. The molecule has 0 N–H and O–H groups in total. The Hall–Kier alpha value is -3.12. The first-order chi connectivity index (χ1) is 16.0. The first-order valence-corrected chi connectivity index (χ1v) is 11.4. The molecule has 0 aliphatic carbocycles. The maximum absolute atomic E-state index is 6.15. The zero-order valence-corrected chi connectivity index (χ0v) is 20.1. The van der Waals surface area contributed by atoms with E-state index >= 15 is 0 Å². The van der Waals surface area contributed by atoms with Gasteiger partial charge in [0, 0.05) is 30.1 Å². The van der Waals surface area contributed by atoms with Gasteiger partial charge in [0.25, 0.3) is 0 Å². The van der Waals surface area contributed by atoms with Gasteiger partial charge in [-0.25, -0.2) is 0 Å². The van der Waals surface area contributed by atoms with Crippen LogP contribution in [0.5, 0.6) is 23.0 Å². The second-order valence-corrected chi connectivity index (χ2v) is 8.47. The van der Waals surface area contributed by atoms with Crippen LogP contribution in [0.2, 0.25) is 0 Å². The molecule has 176 valence electrons. The second-order valence-electron chi connectivity index (χ2n) is 8.47. The van der Waals surface area contributed by atoms with Gasteiger partial charge in [-0.15, -0.1) is 0 Å². The highest BCUT2D eigenvalue weighted by Crippen LogP contribution is 2.43. The number of hydrogen-bond acceptors (Lipinski definition) is 6. The molecule has 1 unspecified atom stereocenters. The number of para-hydroxylation sites is 1. The van der Waals surface area contributed by atoms with E-state index in [9.17, 15) is 0 Å². The van der Waals surface area contributed by atoms with Crippen molar-refractivity contribution in [2.45, 2.75) is 32.7 Å². The Morgan fingerprint density at radius 2 is 1.82 bits per heavy atom. The molecule has 2 aromatic carbocycles. The summed E-state index contributed by atoms with van der Waals surface area (Å²) in [6, 6.07) is 14.2. The van der Waals surface area contributed by atoms with Gasteiger partial charge >= 0.3 is 0 Å². The maximum Gasteiger partial charge on any atom is 0.168 e. The summed E-state index contributed by atoms with van der Waals surface area (Å²) in [5.41, 5.74) is 3.06. The summed E-state index contributed by atoms with van der Waals surface area (Å²) < 4.78 is 28.9. The number of nitrogens with zero attached hydrogens (tertiary/aromatic N) is 1. The van der Waals surface area contributed by atoms with Gasteiger partial charge in [0.2, 0.25) is 0 Å². The van der Waals surface area contributed by atoms with Crippen molar-refractivity contribution in [2.75, 3.05) is 41.0 Å². The SMILES string of the molecule is COc1cc(-c2cccc(OC)c2OC)cc2c1OCCN(CCC(C)c1ccc(C)o1)C2. The molecular formula is C27H33NO5. The zero-order valence-electron chi connectivity index (χ0n) is 20.1. The summed E-state index contributed by atoms with van der Waals surface area (Å²) in [5.74, 6) is 5.33. The van der Waals surface area contributed by atoms with Crippen LogP contribution in [0.1, 0.15) is 36.3 Å². The zero-order chi connectivity index (χ0) is 23.4. The fourth-order valence-corrected chi connectivity index (χ4v) is 4.39. The molecule has 0 spiro atoms. The van der Waals surface area contributed by atoms with Gasteiger partial charge in [-0.05, 0) is 55.8 Å². The third-order valence-electron chi connectivity index (χ3n) is 6.24. The number of ether oxygens (including phenoxy) is 4. The van der Waals surface area contributed by atoms with E-state index in [1.54, 1.807) is 21.3 Å². The van der Waals surface area contributed by atoms with E-state index < -0.39 is 0 Å². The second kappa shape index (κ2) is 10.2. The number of aryl methyl sites for hydroxylation is 1. The molecule has 6 heteroatoms. The molecule has 0 saturated carbocycles. The fourth-order valence-electron chi connectivity index (χ4n) is 4.39.